The molecule has 2 aliphatic rings. The first-order chi connectivity index (χ1) is 21.1. The van der Waals surface area contributed by atoms with Crippen LogP contribution in [0.25, 0.3) is 10.9 Å². The van der Waals surface area contributed by atoms with Crippen LogP contribution in [-0.4, -0.2) is 109 Å². The third-order valence-corrected chi connectivity index (χ3v) is 7.75. The standard InChI is InChI=1S/C31H36N6O7/c1-18-28(39)32-14-20-15-37(31(42)24-13-21-22(34-24)10-7-11-25(21)43-3)16-26(44-20)29(40)35-23(12-19-8-5-4-6-9-19)30(41)36(2)17-27(38)33-18/h4-11,13,18,20,23,26,34H,12,14-17H2,1-3H3,(H,32,39)(H,33,38)(H,35,40)/t18-,20+,23-,26-/m1/s1. The van der Waals surface area contributed by atoms with Crippen molar-refractivity contribution in [2.75, 3.05) is 40.3 Å². The first-order valence-corrected chi connectivity index (χ1v) is 14.4. The van der Waals surface area contributed by atoms with Crippen LogP contribution >= 0.6 is 0 Å². The first kappa shape index (κ1) is 30.5. The van der Waals surface area contributed by atoms with Crippen molar-refractivity contribution in [1.29, 1.82) is 0 Å². The Morgan fingerprint density at radius 3 is 2.52 bits per heavy atom. The van der Waals surface area contributed by atoms with Crippen molar-refractivity contribution in [2.45, 2.75) is 37.6 Å². The normalized spacial score (nSPS) is 23.7. The molecule has 0 unspecified atom stereocenters. The molecular formula is C31H36N6O7. The molecule has 2 fully saturated rings. The van der Waals surface area contributed by atoms with Crippen LogP contribution in [0.5, 0.6) is 5.75 Å². The van der Waals surface area contributed by atoms with Gasteiger partial charge in [0, 0.05) is 37.5 Å². The number of nitrogens with zero attached hydrogens (tertiary/aromatic N) is 2. The fourth-order valence-corrected chi connectivity index (χ4v) is 5.45. The topological polar surface area (TPSA) is 162 Å². The number of ether oxygens (including phenoxy) is 2. The maximum atomic E-state index is 13.8. The summed E-state index contributed by atoms with van der Waals surface area (Å²) >= 11 is 0. The number of rotatable bonds is 4. The lowest BCUT2D eigenvalue weighted by molar-refractivity contribution is -0.148. The summed E-state index contributed by atoms with van der Waals surface area (Å²) in [6, 6.07) is 14.4. The average molecular weight is 605 g/mol. The number of fused-ring (bicyclic) bond motifs is 3. The number of hydrogen-bond acceptors (Lipinski definition) is 7. The van der Waals surface area contributed by atoms with Crippen molar-refractivity contribution in [3.05, 3.63) is 65.9 Å². The van der Waals surface area contributed by atoms with Crippen molar-refractivity contribution in [1.82, 2.24) is 30.7 Å². The van der Waals surface area contributed by atoms with Gasteiger partial charge >= 0.3 is 0 Å². The van der Waals surface area contributed by atoms with E-state index >= 15 is 0 Å². The lowest BCUT2D eigenvalue weighted by Crippen LogP contribution is -2.59. The van der Waals surface area contributed by atoms with Crippen molar-refractivity contribution in [3.8, 4) is 5.75 Å². The van der Waals surface area contributed by atoms with E-state index in [1.807, 2.05) is 42.5 Å². The second-order valence-corrected chi connectivity index (χ2v) is 11.0. The van der Waals surface area contributed by atoms with Crippen molar-refractivity contribution in [3.63, 3.8) is 0 Å². The van der Waals surface area contributed by atoms with E-state index in [0.717, 1.165) is 10.9 Å². The van der Waals surface area contributed by atoms with Gasteiger partial charge in [-0.3, -0.25) is 24.0 Å². The number of likely N-dealkylation sites (N-methyl/N-ethyl adjacent to an activating group) is 1. The minimum Gasteiger partial charge on any atom is -0.496 e. The predicted octanol–water partition coefficient (Wildman–Crippen LogP) is 0.207. The van der Waals surface area contributed by atoms with Crippen LogP contribution in [0.4, 0.5) is 0 Å². The maximum absolute atomic E-state index is 13.8. The second-order valence-electron chi connectivity index (χ2n) is 11.0. The van der Waals surface area contributed by atoms with Gasteiger partial charge in [0.15, 0.2) is 6.10 Å². The van der Waals surface area contributed by atoms with Gasteiger partial charge in [0.05, 0.1) is 26.3 Å². The van der Waals surface area contributed by atoms with Gasteiger partial charge in [-0.2, -0.15) is 0 Å². The average Bonchev–Trinajstić information content (AvgIpc) is 3.47. The summed E-state index contributed by atoms with van der Waals surface area (Å²) in [5.74, 6) is -1.83. The molecule has 0 radical (unpaired) electrons. The fraction of sp³-hybridized carbons (Fsp3) is 0.387. The minimum absolute atomic E-state index is 0.0145. The Hall–Kier alpha value is -4.91. The molecule has 3 heterocycles. The molecule has 4 N–H and O–H groups in total. The molecule has 2 aliphatic heterocycles. The van der Waals surface area contributed by atoms with Crippen LogP contribution in [0, 0.1) is 0 Å². The van der Waals surface area contributed by atoms with E-state index < -0.39 is 47.9 Å². The van der Waals surface area contributed by atoms with Gasteiger partial charge in [0.2, 0.25) is 17.7 Å². The summed E-state index contributed by atoms with van der Waals surface area (Å²) in [7, 11) is 3.01. The number of nitrogens with one attached hydrogen (secondary N) is 4. The third-order valence-electron chi connectivity index (χ3n) is 7.75. The van der Waals surface area contributed by atoms with Crippen LogP contribution in [0.2, 0.25) is 0 Å². The monoisotopic (exact) mass is 604 g/mol. The van der Waals surface area contributed by atoms with E-state index in [2.05, 4.69) is 20.9 Å². The van der Waals surface area contributed by atoms with E-state index in [0.29, 0.717) is 17.0 Å². The highest BCUT2D eigenvalue weighted by molar-refractivity contribution is 6.00. The largest absolute Gasteiger partial charge is 0.496 e. The van der Waals surface area contributed by atoms with Crippen LogP contribution in [0.3, 0.4) is 0 Å². The van der Waals surface area contributed by atoms with Gasteiger partial charge in [-0.1, -0.05) is 36.4 Å². The molecule has 4 atom stereocenters. The van der Waals surface area contributed by atoms with Crippen LogP contribution in [-0.2, 0) is 30.3 Å². The highest BCUT2D eigenvalue weighted by Crippen LogP contribution is 2.27. The van der Waals surface area contributed by atoms with Crippen molar-refractivity contribution >= 4 is 40.4 Å². The number of carbonyl (C=O) groups is 5. The van der Waals surface area contributed by atoms with Crippen LogP contribution in [0.15, 0.2) is 54.6 Å². The fourth-order valence-electron chi connectivity index (χ4n) is 5.45. The third kappa shape index (κ3) is 6.83. The number of benzene rings is 2. The zero-order valence-corrected chi connectivity index (χ0v) is 24.8. The predicted molar refractivity (Wildman–Crippen MR) is 160 cm³/mol. The van der Waals surface area contributed by atoms with Gasteiger partial charge < -0.3 is 40.2 Å². The molecule has 2 aromatic carbocycles. The van der Waals surface area contributed by atoms with Gasteiger partial charge in [-0.15, -0.1) is 0 Å². The number of amides is 5. The molecule has 0 spiro atoms. The molecule has 13 nitrogen and oxygen atoms in total. The summed E-state index contributed by atoms with van der Waals surface area (Å²) in [5.41, 5.74) is 1.82. The molecule has 3 aromatic rings. The Kier molecular flexibility index (Phi) is 9.14. The quantitative estimate of drug-likeness (QED) is 0.331. The maximum Gasteiger partial charge on any atom is 0.270 e. The zero-order chi connectivity index (χ0) is 31.4. The Morgan fingerprint density at radius 2 is 1.77 bits per heavy atom. The van der Waals surface area contributed by atoms with Crippen LogP contribution in [0.1, 0.15) is 23.0 Å². The Bertz CT molecular complexity index is 1560. The highest BCUT2D eigenvalue weighted by Gasteiger charge is 2.38. The van der Waals surface area contributed by atoms with Gasteiger partial charge in [0.1, 0.15) is 23.5 Å². The van der Waals surface area contributed by atoms with Gasteiger partial charge in [-0.05, 0) is 30.7 Å². The Labute approximate surface area is 254 Å². The molecule has 0 saturated carbocycles. The Balaban J connectivity index is 1.44. The van der Waals surface area contributed by atoms with Crippen molar-refractivity contribution < 1.29 is 33.4 Å². The smallest absolute Gasteiger partial charge is 0.270 e. The zero-order valence-electron chi connectivity index (χ0n) is 24.8. The number of carbonyl (C=O) groups excluding carboxylic acids is 5. The van der Waals surface area contributed by atoms with E-state index in [1.54, 1.807) is 19.2 Å². The molecule has 5 amide bonds. The van der Waals surface area contributed by atoms with E-state index in [9.17, 15) is 24.0 Å². The Morgan fingerprint density at radius 1 is 1.00 bits per heavy atom. The molecule has 13 heteroatoms. The second kappa shape index (κ2) is 13.2. The minimum atomic E-state index is -1.13. The SMILES string of the molecule is COc1cccc2[nH]c(C(=O)N3C[C@@H]4CNC(=O)[C@@H](C)NC(=O)CN(C)C(=O)[C@@H](Cc5ccccc5)NC(=O)[C@@H](C3)O4)cc12. The lowest BCUT2D eigenvalue weighted by Gasteiger charge is -2.38. The molecule has 0 aliphatic carbocycles. The highest BCUT2D eigenvalue weighted by atomic mass is 16.5. The molecule has 232 valence electrons. The summed E-state index contributed by atoms with van der Waals surface area (Å²) in [6.45, 7) is 1.21. The number of aromatic nitrogens is 1. The molecular weight excluding hydrogens is 568 g/mol. The van der Waals surface area contributed by atoms with Gasteiger partial charge in [0.25, 0.3) is 11.8 Å². The number of H-pyrrole nitrogens is 1. The lowest BCUT2D eigenvalue weighted by atomic mass is 10.0. The molecule has 2 bridgehead atoms. The molecule has 5 rings (SSSR count). The molecule has 2 saturated heterocycles. The van der Waals surface area contributed by atoms with E-state index in [-0.39, 0.29) is 38.5 Å². The number of aromatic amines is 1. The molecule has 44 heavy (non-hydrogen) atoms. The number of morpholine rings is 1. The van der Waals surface area contributed by atoms with Gasteiger partial charge in [-0.25, -0.2) is 0 Å². The number of hydrogen-bond donors (Lipinski definition) is 4. The van der Waals surface area contributed by atoms with E-state index in [4.69, 9.17) is 9.47 Å². The summed E-state index contributed by atoms with van der Waals surface area (Å²) in [4.78, 5) is 72.2. The number of methoxy groups -OCH3 is 1. The summed E-state index contributed by atoms with van der Waals surface area (Å²) in [5, 5.41) is 8.87. The summed E-state index contributed by atoms with van der Waals surface area (Å²) in [6.07, 6.45) is -1.71. The summed E-state index contributed by atoms with van der Waals surface area (Å²) < 4.78 is 11.5. The van der Waals surface area contributed by atoms with E-state index in [1.165, 1.54) is 23.8 Å². The van der Waals surface area contributed by atoms with Crippen LogP contribution < -0.4 is 20.7 Å². The van der Waals surface area contributed by atoms with Crippen molar-refractivity contribution in [2.24, 2.45) is 0 Å². The molecule has 1 aromatic heterocycles. The first-order valence-electron chi connectivity index (χ1n) is 14.4.